The van der Waals surface area contributed by atoms with Gasteiger partial charge in [-0.1, -0.05) is 23.7 Å². The van der Waals surface area contributed by atoms with Crippen molar-refractivity contribution in [1.29, 1.82) is 0 Å². The van der Waals surface area contributed by atoms with Gasteiger partial charge in [0.05, 0.1) is 17.2 Å². The summed E-state index contributed by atoms with van der Waals surface area (Å²) in [6.45, 7) is 2.43. The predicted octanol–water partition coefficient (Wildman–Crippen LogP) is 4.75. The van der Waals surface area contributed by atoms with Gasteiger partial charge in [0.25, 0.3) is 5.91 Å². The number of amides is 1. The Kier molecular flexibility index (Phi) is 5.04. The smallest absolute Gasteiger partial charge is 0.256 e. The molecule has 0 unspecified atom stereocenters. The lowest BCUT2D eigenvalue weighted by atomic mass is 10.2. The number of halogens is 2. The van der Waals surface area contributed by atoms with Crippen molar-refractivity contribution >= 4 is 39.1 Å². The van der Waals surface area contributed by atoms with E-state index in [-0.39, 0.29) is 5.91 Å². The van der Waals surface area contributed by atoms with Crippen LogP contribution in [0.5, 0.6) is 5.75 Å². The molecule has 5 heteroatoms. The zero-order valence-electron chi connectivity index (χ0n) is 10.8. The first-order valence-electron chi connectivity index (χ1n) is 6.10. The third-order valence-corrected chi connectivity index (χ3v) is 3.59. The van der Waals surface area contributed by atoms with Crippen molar-refractivity contribution in [2.45, 2.75) is 6.92 Å². The number of hydrogen-bond donors (Lipinski definition) is 1. The van der Waals surface area contributed by atoms with E-state index < -0.39 is 0 Å². The first-order chi connectivity index (χ1) is 9.61. The number of anilines is 1. The number of benzene rings is 2. The Morgan fingerprint density at radius 3 is 2.70 bits per heavy atom. The lowest BCUT2D eigenvalue weighted by molar-refractivity contribution is 0.102. The summed E-state index contributed by atoms with van der Waals surface area (Å²) >= 11 is 9.43. The van der Waals surface area contributed by atoms with Crippen LogP contribution in [-0.2, 0) is 0 Å². The van der Waals surface area contributed by atoms with E-state index in [0.717, 1.165) is 4.47 Å². The van der Waals surface area contributed by atoms with Crippen LogP contribution in [-0.4, -0.2) is 12.5 Å². The Bertz CT molecular complexity index is 631. The summed E-state index contributed by atoms with van der Waals surface area (Å²) in [6.07, 6.45) is 0. The van der Waals surface area contributed by atoms with Crippen LogP contribution >= 0.6 is 27.5 Å². The van der Waals surface area contributed by atoms with E-state index in [1.165, 1.54) is 0 Å². The second-order valence-corrected chi connectivity index (χ2v) is 5.27. The summed E-state index contributed by atoms with van der Waals surface area (Å²) in [5.74, 6) is 0.408. The topological polar surface area (TPSA) is 38.3 Å². The minimum atomic E-state index is -0.197. The number of hydrogen-bond acceptors (Lipinski definition) is 2. The van der Waals surface area contributed by atoms with Crippen LogP contribution in [0.4, 0.5) is 5.69 Å². The molecule has 0 saturated carbocycles. The minimum absolute atomic E-state index is 0.197. The van der Waals surface area contributed by atoms with Gasteiger partial charge >= 0.3 is 0 Å². The number of nitrogens with one attached hydrogen (secondary N) is 1. The van der Waals surface area contributed by atoms with Crippen molar-refractivity contribution < 1.29 is 9.53 Å². The van der Waals surface area contributed by atoms with Crippen molar-refractivity contribution in [1.82, 2.24) is 0 Å². The van der Waals surface area contributed by atoms with E-state index in [0.29, 0.717) is 28.6 Å². The number of rotatable bonds is 4. The van der Waals surface area contributed by atoms with E-state index >= 15 is 0 Å². The molecule has 2 rings (SSSR count). The zero-order chi connectivity index (χ0) is 14.5. The molecule has 0 fully saturated rings. The monoisotopic (exact) mass is 353 g/mol. The molecule has 0 heterocycles. The molecule has 0 radical (unpaired) electrons. The third-order valence-electron chi connectivity index (χ3n) is 2.61. The highest BCUT2D eigenvalue weighted by Gasteiger charge is 2.10. The van der Waals surface area contributed by atoms with Crippen LogP contribution in [0.1, 0.15) is 17.3 Å². The number of carbonyl (C=O) groups is 1. The molecule has 0 saturated heterocycles. The third kappa shape index (κ3) is 3.52. The molecule has 2 aromatic carbocycles. The molecule has 0 aliphatic rings. The summed E-state index contributed by atoms with van der Waals surface area (Å²) in [5.41, 5.74) is 1.19. The van der Waals surface area contributed by atoms with Crippen molar-refractivity contribution in [3.8, 4) is 5.75 Å². The van der Waals surface area contributed by atoms with Crippen LogP contribution in [0, 0.1) is 0 Å². The van der Waals surface area contributed by atoms with E-state index in [9.17, 15) is 4.79 Å². The second kappa shape index (κ2) is 6.77. The zero-order valence-corrected chi connectivity index (χ0v) is 13.2. The van der Waals surface area contributed by atoms with Crippen LogP contribution in [0.2, 0.25) is 5.02 Å². The van der Waals surface area contributed by atoms with Gasteiger partial charge in [-0.05, 0) is 53.2 Å². The van der Waals surface area contributed by atoms with Gasteiger partial charge < -0.3 is 10.1 Å². The Balaban J connectivity index is 2.16. The molecule has 0 aromatic heterocycles. The number of ether oxygens (including phenoxy) is 1. The highest BCUT2D eigenvalue weighted by Crippen LogP contribution is 2.28. The summed E-state index contributed by atoms with van der Waals surface area (Å²) < 4.78 is 6.09. The molecule has 0 aliphatic heterocycles. The van der Waals surface area contributed by atoms with Crippen LogP contribution < -0.4 is 10.1 Å². The Morgan fingerprint density at radius 2 is 2.05 bits per heavy atom. The second-order valence-electron chi connectivity index (χ2n) is 4.01. The van der Waals surface area contributed by atoms with Crippen LogP contribution in [0.25, 0.3) is 0 Å². The van der Waals surface area contributed by atoms with Gasteiger partial charge in [-0.3, -0.25) is 4.79 Å². The van der Waals surface area contributed by atoms with E-state index in [2.05, 4.69) is 21.2 Å². The molecule has 3 nitrogen and oxygen atoms in total. The van der Waals surface area contributed by atoms with E-state index in [1.807, 2.05) is 25.1 Å². The molecule has 1 N–H and O–H groups in total. The predicted molar refractivity (Wildman–Crippen MR) is 84.7 cm³/mol. The molecular formula is C15H13BrClNO2. The van der Waals surface area contributed by atoms with Crippen molar-refractivity contribution in [3.63, 3.8) is 0 Å². The summed E-state index contributed by atoms with van der Waals surface area (Å²) in [5, 5.41) is 3.27. The molecule has 20 heavy (non-hydrogen) atoms. The van der Waals surface area contributed by atoms with Gasteiger partial charge in [0.2, 0.25) is 0 Å². The molecular weight excluding hydrogens is 342 g/mol. The SMILES string of the molecule is CCOc1ccc(NC(=O)c2ccccc2Br)cc1Cl. The normalized spacial score (nSPS) is 10.2. The van der Waals surface area contributed by atoms with Gasteiger partial charge in [0, 0.05) is 10.2 Å². The molecule has 0 atom stereocenters. The average molecular weight is 355 g/mol. The average Bonchev–Trinajstić information content (AvgIpc) is 2.42. The van der Waals surface area contributed by atoms with Crippen LogP contribution in [0.3, 0.4) is 0 Å². The Morgan fingerprint density at radius 1 is 1.30 bits per heavy atom. The molecule has 104 valence electrons. The van der Waals surface area contributed by atoms with Gasteiger partial charge in [0.15, 0.2) is 0 Å². The molecule has 0 bridgehead atoms. The van der Waals surface area contributed by atoms with Gasteiger partial charge in [-0.15, -0.1) is 0 Å². The fourth-order valence-corrected chi connectivity index (χ4v) is 2.39. The van der Waals surface area contributed by atoms with Crippen molar-refractivity contribution in [2.24, 2.45) is 0 Å². The summed E-state index contributed by atoms with van der Waals surface area (Å²) in [6, 6.07) is 12.4. The minimum Gasteiger partial charge on any atom is -0.492 e. The lowest BCUT2D eigenvalue weighted by Gasteiger charge is -2.10. The Labute approximate surface area is 131 Å². The highest BCUT2D eigenvalue weighted by molar-refractivity contribution is 9.10. The summed E-state index contributed by atoms with van der Waals surface area (Å²) in [7, 11) is 0. The van der Waals surface area contributed by atoms with E-state index in [4.69, 9.17) is 16.3 Å². The fourth-order valence-electron chi connectivity index (χ4n) is 1.69. The van der Waals surface area contributed by atoms with Crippen molar-refractivity contribution in [2.75, 3.05) is 11.9 Å². The quantitative estimate of drug-likeness (QED) is 0.860. The van der Waals surface area contributed by atoms with Crippen LogP contribution in [0.15, 0.2) is 46.9 Å². The van der Waals surface area contributed by atoms with Gasteiger partial charge in [0.1, 0.15) is 5.75 Å². The van der Waals surface area contributed by atoms with Gasteiger partial charge in [-0.25, -0.2) is 0 Å². The standard InChI is InChI=1S/C15H13BrClNO2/c1-2-20-14-8-7-10(9-13(14)17)18-15(19)11-5-3-4-6-12(11)16/h3-9H,2H2,1H3,(H,18,19). The Hall–Kier alpha value is -1.52. The lowest BCUT2D eigenvalue weighted by Crippen LogP contribution is -2.12. The molecule has 0 spiro atoms. The molecule has 1 amide bonds. The first-order valence-corrected chi connectivity index (χ1v) is 7.27. The maximum atomic E-state index is 12.1. The fraction of sp³-hybridized carbons (Fsp3) is 0.133. The summed E-state index contributed by atoms with van der Waals surface area (Å²) in [4.78, 5) is 12.1. The van der Waals surface area contributed by atoms with Crippen molar-refractivity contribution in [3.05, 3.63) is 57.5 Å². The largest absolute Gasteiger partial charge is 0.492 e. The molecule has 0 aliphatic carbocycles. The number of carbonyl (C=O) groups excluding carboxylic acids is 1. The molecule has 2 aromatic rings. The maximum Gasteiger partial charge on any atom is 0.256 e. The highest BCUT2D eigenvalue weighted by atomic mass is 79.9. The first kappa shape index (κ1) is 14.9. The maximum absolute atomic E-state index is 12.1. The van der Waals surface area contributed by atoms with Gasteiger partial charge in [-0.2, -0.15) is 0 Å². The van der Waals surface area contributed by atoms with E-state index in [1.54, 1.807) is 24.3 Å².